The number of ether oxygens (including phenoxy) is 1. The second-order valence-electron chi connectivity index (χ2n) is 6.46. The van der Waals surface area contributed by atoms with Crippen LogP contribution >= 0.6 is 0 Å². The molecule has 0 radical (unpaired) electrons. The molecule has 3 nitrogen and oxygen atoms in total. The lowest BCUT2D eigenvalue weighted by Crippen LogP contribution is -2.03. The van der Waals surface area contributed by atoms with E-state index in [1.165, 1.54) is 5.56 Å². The fourth-order valence-corrected chi connectivity index (χ4v) is 3.05. The van der Waals surface area contributed by atoms with E-state index in [9.17, 15) is 0 Å². The molecule has 3 heteroatoms. The molecule has 0 unspecified atom stereocenters. The molecule has 0 saturated carbocycles. The number of para-hydroxylation sites is 1. The van der Waals surface area contributed by atoms with Gasteiger partial charge in [-0.05, 0) is 47.7 Å². The Bertz CT molecular complexity index is 884. The molecule has 0 aliphatic rings. The van der Waals surface area contributed by atoms with Crippen LogP contribution in [-0.2, 0) is 6.54 Å². The molecular weight excluding hydrogens is 296 g/mol. The van der Waals surface area contributed by atoms with Crippen LogP contribution in [0.5, 0.6) is 5.75 Å². The topological polar surface area (TPSA) is 48.1 Å². The Morgan fingerprint density at radius 2 is 1.92 bits per heavy atom. The summed E-state index contributed by atoms with van der Waals surface area (Å²) >= 11 is 0. The number of hydrogen-bond donors (Lipinski definition) is 1. The van der Waals surface area contributed by atoms with Gasteiger partial charge in [0.05, 0.1) is 18.3 Å². The molecule has 0 fully saturated rings. The second kappa shape index (κ2) is 6.62. The molecule has 124 valence electrons. The maximum atomic E-state index is 6.03. The zero-order chi connectivity index (χ0) is 17.3. The molecule has 3 aromatic rings. The van der Waals surface area contributed by atoms with Crippen LogP contribution in [-0.4, -0.2) is 12.1 Å². The first-order valence-electron chi connectivity index (χ1n) is 8.32. The monoisotopic (exact) mass is 320 g/mol. The van der Waals surface area contributed by atoms with Crippen molar-refractivity contribution in [1.29, 1.82) is 0 Å². The van der Waals surface area contributed by atoms with Gasteiger partial charge in [-0.3, -0.25) is 0 Å². The van der Waals surface area contributed by atoms with Crippen molar-refractivity contribution in [3.05, 3.63) is 59.2 Å². The molecule has 0 atom stereocenters. The average Bonchev–Trinajstić information content (AvgIpc) is 2.60. The van der Waals surface area contributed by atoms with E-state index in [1.807, 2.05) is 6.07 Å². The summed E-state index contributed by atoms with van der Waals surface area (Å²) in [6.07, 6.45) is 0. The van der Waals surface area contributed by atoms with Crippen molar-refractivity contribution in [2.45, 2.75) is 33.2 Å². The quantitative estimate of drug-likeness (QED) is 0.751. The maximum Gasteiger partial charge on any atom is 0.128 e. The van der Waals surface area contributed by atoms with Crippen molar-refractivity contribution in [3.8, 4) is 17.0 Å². The van der Waals surface area contributed by atoms with Crippen LogP contribution in [0.15, 0.2) is 42.5 Å². The van der Waals surface area contributed by atoms with Crippen LogP contribution in [0, 0.1) is 6.92 Å². The Kier molecular flexibility index (Phi) is 4.54. The van der Waals surface area contributed by atoms with E-state index < -0.39 is 0 Å². The predicted octanol–water partition coefficient (Wildman–Crippen LogP) is 4.80. The number of hydrogen-bond acceptors (Lipinski definition) is 3. The number of aryl methyl sites for hydroxylation is 1. The fourth-order valence-electron chi connectivity index (χ4n) is 3.05. The lowest BCUT2D eigenvalue weighted by Gasteiger charge is -2.16. The van der Waals surface area contributed by atoms with Gasteiger partial charge < -0.3 is 10.5 Å². The second-order valence-corrected chi connectivity index (χ2v) is 6.46. The summed E-state index contributed by atoms with van der Waals surface area (Å²) in [5, 5.41) is 1.12. The SMILES string of the molecule is COc1ccc(C(C)C)cc1-c1nc2c(C)cccc2cc1CN. The Labute approximate surface area is 143 Å². The molecule has 1 aromatic heterocycles. The van der Waals surface area contributed by atoms with Crippen LogP contribution < -0.4 is 10.5 Å². The van der Waals surface area contributed by atoms with E-state index in [0.29, 0.717) is 12.5 Å². The molecule has 0 amide bonds. The molecule has 2 aromatic carbocycles. The van der Waals surface area contributed by atoms with Gasteiger partial charge >= 0.3 is 0 Å². The van der Waals surface area contributed by atoms with Gasteiger partial charge in [0.1, 0.15) is 5.75 Å². The molecule has 1 heterocycles. The highest BCUT2D eigenvalue weighted by molar-refractivity contribution is 5.86. The zero-order valence-electron chi connectivity index (χ0n) is 14.8. The first-order valence-corrected chi connectivity index (χ1v) is 8.32. The summed E-state index contributed by atoms with van der Waals surface area (Å²) in [6.45, 7) is 6.91. The smallest absolute Gasteiger partial charge is 0.128 e. The third-order valence-electron chi connectivity index (χ3n) is 4.49. The van der Waals surface area contributed by atoms with Crippen molar-refractivity contribution >= 4 is 10.9 Å². The summed E-state index contributed by atoms with van der Waals surface area (Å²) < 4.78 is 5.60. The molecule has 0 aliphatic carbocycles. The predicted molar refractivity (Wildman–Crippen MR) is 100 cm³/mol. The third-order valence-corrected chi connectivity index (χ3v) is 4.49. The van der Waals surface area contributed by atoms with E-state index in [2.05, 4.69) is 57.2 Å². The molecular formula is C21H24N2O. The molecule has 24 heavy (non-hydrogen) atoms. The van der Waals surface area contributed by atoms with E-state index in [0.717, 1.165) is 39.0 Å². The van der Waals surface area contributed by atoms with Gasteiger partial charge in [-0.15, -0.1) is 0 Å². The number of fused-ring (bicyclic) bond motifs is 1. The Morgan fingerprint density at radius 1 is 1.12 bits per heavy atom. The van der Waals surface area contributed by atoms with E-state index >= 15 is 0 Å². The highest BCUT2D eigenvalue weighted by Crippen LogP contribution is 2.35. The number of aromatic nitrogens is 1. The zero-order valence-corrected chi connectivity index (χ0v) is 14.8. The summed E-state index contributed by atoms with van der Waals surface area (Å²) in [5.74, 6) is 1.27. The van der Waals surface area contributed by atoms with Crippen LogP contribution in [0.1, 0.15) is 36.5 Å². The van der Waals surface area contributed by atoms with Crippen molar-refractivity contribution < 1.29 is 4.74 Å². The fraction of sp³-hybridized carbons (Fsp3) is 0.286. The standard InChI is InChI=1S/C21H24N2O/c1-13(2)15-8-9-19(24-4)18(11-15)21-17(12-22)10-16-7-5-6-14(3)20(16)23-21/h5-11,13H,12,22H2,1-4H3. The number of nitrogens with zero attached hydrogens (tertiary/aromatic N) is 1. The number of pyridine rings is 1. The van der Waals surface area contributed by atoms with E-state index in [1.54, 1.807) is 7.11 Å². The summed E-state index contributed by atoms with van der Waals surface area (Å²) in [5.41, 5.74) is 12.4. The Balaban J connectivity index is 2.32. The molecule has 3 rings (SSSR count). The molecule has 0 aliphatic heterocycles. The van der Waals surface area contributed by atoms with E-state index in [4.69, 9.17) is 15.5 Å². The summed E-state index contributed by atoms with van der Waals surface area (Å²) in [6, 6.07) is 14.7. The Hall–Kier alpha value is -2.39. The maximum absolute atomic E-state index is 6.03. The normalized spacial score (nSPS) is 11.2. The first kappa shape index (κ1) is 16.5. The van der Waals surface area contributed by atoms with Gasteiger partial charge in [0, 0.05) is 17.5 Å². The van der Waals surface area contributed by atoms with Crippen LogP contribution in [0.2, 0.25) is 0 Å². The highest BCUT2D eigenvalue weighted by atomic mass is 16.5. The molecule has 0 bridgehead atoms. The van der Waals surface area contributed by atoms with Crippen LogP contribution in [0.4, 0.5) is 0 Å². The highest BCUT2D eigenvalue weighted by Gasteiger charge is 2.15. The summed E-state index contributed by atoms with van der Waals surface area (Å²) in [4.78, 5) is 4.96. The Morgan fingerprint density at radius 3 is 2.58 bits per heavy atom. The van der Waals surface area contributed by atoms with E-state index in [-0.39, 0.29) is 0 Å². The van der Waals surface area contributed by atoms with Crippen molar-refractivity contribution in [1.82, 2.24) is 4.98 Å². The number of benzene rings is 2. The minimum Gasteiger partial charge on any atom is -0.496 e. The minimum atomic E-state index is 0.443. The van der Waals surface area contributed by atoms with Crippen LogP contribution in [0.3, 0.4) is 0 Å². The molecule has 2 N–H and O–H groups in total. The van der Waals surface area contributed by atoms with Gasteiger partial charge in [0.25, 0.3) is 0 Å². The van der Waals surface area contributed by atoms with Crippen molar-refractivity contribution in [2.24, 2.45) is 5.73 Å². The minimum absolute atomic E-state index is 0.443. The van der Waals surface area contributed by atoms with Gasteiger partial charge in [-0.25, -0.2) is 4.98 Å². The largest absolute Gasteiger partial charge is 0.496 e. The third kappa shape index (κ3) is 2.87. The van der Waals surface area contributed by atoms with Gasteiger partial charge in [0.15, 0.2) is 0 Å². The van der Waals surface area contributed by atoms with Gasteiger partial charge in [-0.1, -0.05) is 38.1 Å². The molecule has 0 spiro atoms. The summed E-state index contributed by atoms with van der Waals surface area (Å²) in [7, 11) is 1.70. The number of rotatable bonds is 4. The van der Waals surface area contributed by atoms with Crippen LogP contribution in [0.25, 0.3) is 22.2 Å². The number of methoxy groups -OCH3 is 1. The number of nitrogens with two attached hydrogens (primary N) is 1. The van der Waals surface area contributed by atoms with Crippen molar-refractivity contribution in [3.63, 3.8) is 0 Å². The van der Waals surface area contributed by atoms with Gasteiger partial charge in [0.2, 0.25) is 0 Å². The van der Waals surface area contributed by atoms with Gasteiger partial charge in [-0.2, -0.15) is 0 Å². The average molecular weight is 320 g/mol. The first-order chi connectivity index (χ1) is 11.5. The lowest BCUT2D eigenvalue weighted by molar-refractivity contribution is 0.416. The molecule has 0 saturated heterocycles. The van der Waals surface area contributed by atoms with Crippen molar-refractivity contribution in [2.75, 3.05) is 7.11 Å². The lowest BCUT2D eigenvalue weighted by atomic mass is 9.96.